The molecule has 3 nitrogen and oxygen atoms in total. The second-order valence-corrected chi connectivity index (χ2v) is 7.59. The van der Waals surface area contributed by atoms with Crippen LogP contribution in [0.1, 0.15) is 6.42 Å². The van der Waals surface area contributed by atoms with Crippen molar-refractivity contribution in [1.29, 1.82) is 0 Å². The summed E-state index contributed by atoms with van der Waals surface area (Å²) in [4.78, 5) is 18.4. The zero-order valence-electron chi connectivity index (χ0n) is 12.0. The van der Waals surface area contributed by atoms with Crippen molar-refractivity contribution in [3.63, 3.8) is 0 Å². The van der Waals surface area contributed by atoms with Crippen molar-refractivity contribution in [2.75, 3.05) is 11.1 Å². The zero-order valence-corrected chi connectivity index (χ0v) is 14.4. The molecule has 0 aliphatic heterocycles. The Morgan fingerprint density at radius 2 is 2.04 bits per heavy atom. The number of benzene rings is 1. The van der Waals surface area contributed by atoms with Gasteiger partial charge in [0.15, 0.2) is 5.13 Å². The fourth-order valence-electron chi connectivity index (χ4n) is 1.84. The Morgan fingerprint density at radius 3 is 2.78 bits per heavy atom. The van der Waals surface area contributed by atoms with Gasteiger partial charge in [-0.05, 0) is 35.7 Å². The van der Waals surface area contributed by atoms with Gasteiger partial charge in [0.2, 0.25) is 5.91 Å². The lowest BCUT2D eigenvalue weighted by molar-refractivity contribution is -0.115. The topological polar surface area (TPSA) is 42.0 Å². The Kier molecular flexibility index (Phi) is 5.43. The first-order valence-corrected chi connectivity index (χ1v) is 9.63. The van der Waals surface area contributed by atoms with Gasteiger partial charge in [-0.1, -0.05) is 6.07 Å². The fourth-order valence-corrected chi connectivity index (χ4v) is 4.18. The SMILES string of the molecule is O=C(CCSc1ccc(F)cc1)Nc1nc(-c2cccs2)cs1. The van der Waals surface area contributed by atoms with E-state index in [4.69, 9.17) is 0 Å². The number of carbonyl (C=O) groups excluding carboxylic acids is 1. The third kappa shape index (κ3) is 4.63. The molecule has 23 heavy (non-hydrogen) atoms. The number of nitrogens with zero attached hydrogens (tertiary/aromatic N) is 1. The first kappa shape index (κ1) is 16.2. The fraction of sp³-hybridized carbons (Fsp3) is 0.125. The van der Waals surface area contributed by atoms with Crippen molar-refractivity contribution in [2.45, 2.75) is 11.3 Å². The second kappa shape index (κ2) is 7.72. The van der Waals surface area contributed by atoms with Crippen molar-refractivity contribution in [3.05, 3.63) is 53.0 Å². The standard InChI is InChI=1S/C16H13FN2OS3/c17-11-3-5-12(6-4-11)21-9-7-15(20)19-16-18-13(10-23-16)14-2-1-8-22-14/h1-6,8,10H,7,9H2,(H,18,19,20). The molecule has 0 spiro atoms. The Bertz CT molecular complexity index is 769. The summed E-state index contributed by atoms with van der Waals surface area (Å²) in [5.74, 6) is 0.324. The summed E-state index contributed by atoms with van der Waals surface area (Å²) < 4.78 is 12.8. The highest BCUT2D eigenvalue weighted by molar-refractivity contribution is 7.99. The van der Waals surface area contributed by atoms with Gasteiger partial charge in [0.05, 0.1) is 10.6 Å². The highest BCUT2D eigenvalue weighted by Crippen LogP contribution is 2.28. The van der Waals surface area contributed by atoms with Crippen molar-refractivity contribution in [2.24, 2.45) is 0 Å². The molecule has 1 N–H and O–H groups in total. The van der Waals surface area contributed by atoms with E-state index in [0.717, 1.165) is 15.5 Å². The van der Waals surface area contributed by atoms with Crippen LogP contribution in [0.4, 0.5) is 9.52 Å². The number of thiazole rings is 1. The van der Waals surface area contributed by atoms with Crippen molar-refractivity contribution >= 4 is 45.5 Å². The van der Waals surface area contributed by atoms with E-state index in [0.29, 0.717) is 17.3 Å². The summed E-state index contributed by atoms with van der Waals surface area (Å²) in [6.07, 6.45) is 0.385. The van der Waals surface area contributed by atoms with Gasteiger partial charge >= 0.3 is 0 Å². The maximum atomic E-state index is 12.8. The minimum Gasteiger partial charge on any atom is -0.302 e. The summed E-state index contributed by atoms with van der Waals surface area (Å²) in [5, 5.41) is 7.37. The predicted molar refractivity (Wildman–Crippen MR) is 95.8 cm³/mol. The minimum atomic E-state index is -0.252. The first-order valence-electron chi connectivity index (χ1n) is 6.88. The molecule has 0 saturated heterocycles. The molecule has 2 aromatic heterocycles. The summed E-state index contributed by atoms with van der Waals surface area (Å²) in [6.45, 7) is 0. The lowest BCUT2D eigenvalue weighted by Crippen LogP contribution is -2.11. The Hall–Kier alpha value is -1.70. The van der Waals surface area contributed by atoms with Crippen LogP contribution in [0, 0.1) is 5.82 Å². The Balaban J connectivity index is 1.47. The van der Waals surface area contributed by atoms with Gasteiger partial charge < -0.3 is 5.32 Å². The summed E-state index contributed by atoms with van der Waals surface area (Å²) in [6, 6.07) is 10.3. The number of aromatic nitrogens is 1. The molecule has 2 heterocycles. The van der Waals surface area contributed by atoms with Gasteiger partial charge in [-0.2, -0.15) is 0 Å². The number of thioether (sulfide) groups is 1. The quantitative estimate of drug-likeness (QED) is 0.617. The van der Waals surface area contributed by atoms with Gasteiger partial charge in [0, 0.05) is 22.4 Å². The normalized spacial score (nSPS) is 10.7. The minimum absolute atomic E-state index is 0.0632. The lowest BCUT2D eigenvalue weighted by Gasteiger charge is -2.02. The number of nitrogens with one attached hydrogen (secondary N) is 1. The van der Waals surface area contributed by atoms with Gasteiger partial charge in [-0.3, -0.25) is 4.79 Å². The van der Waals surface area contributed by atoms with Crippen LogP contribution < -0.4 is 5.32 Å². The van der Waals surface area contributed by atoms with Crippen molar-refractivity contribution < 1.29 is 9.18 Å². The molecule has 3 aromatic rings. The molecule has 1 aromatic carbocycles. The zero-order chi connectivity index (χ0) is 16.1. The molecule has 0 radical (unpaired) electrons. The number of carbonyl (C=O) groups is 1. The van der Waals surface area contributed by atoms with Crippen LogP contribution in [-0.4, -0.2) is 16.6 Å². The lowest BCUT2D eigenvalue weighted by atomic mass is 10.4. The molecule has 0 saturated carbocycles. The van der Waals surface area contributed by atoms with E-state index >= 15 is 0 Å². The number of rotatable bonds is 6. The van der Waals surface area contributed by atoms with E-state index < -0.39 is 0 Å². The number of hydrogen-bond acceptors (Lipinski definition) is 5. The molecule has 7 heteroatoms. The summed E-state index contributed by atoms with van der Waals surface area (Å²) in [5.41, 5.74) is 0.890. The van der Waals surface area contributed by atoms with E-state index in [2.05, 4.69) is 10.3 Å². The van der Waals surface area contributed by atoms with Gasteiger partial charge in [0.1, 0.15) is 5.82 Å². The van der Waals surface area contributed by atoms with Crippen LogP contribution in [0.3, 0.4) is 0 Å². The summed E-state index contributed by atoms with van der Waals surface area (Å²) >= 11 is 4.57. The average Bonchev–Trinajstić information content (AvgIpc) is 3.20. The molecule has 0 aliphatic carbocycles. The molecular formula is C16H13FN2OS3. The largest absolute Gasteiger partial charge is 0.302 e. The van der Waals surface area contributed by atoms with Crippen LogP contribution >= 0.6 is 34.4 Å². The van der Waals surface area contributed by atoms with Crippen molar-refractivity contribution in [1.82, 2.24) is 4.98 Å². The predicted octanol–water partition coefficient (Wildman–Crippen LogP) is 5.13. The van der Waals surface area contributed by atoms with Crippen LogP contribution in [0.5, 0.6) is 0 Å². The third-order valence-electron chi connectivity index (χ3n) is 2.94. The van der Waals surface area contributed by atoms with Crippen LogP contribution in [0.15, 0.2) is 52.1 Å². The average molecular weight is 364 g/mol. The van der Waals surface area contributed by atoms with Crippen LogP contribution in [0.25, 0.3) is 10.6 Å². The Labute approximate surface area is 145 Å². The monoisotopic (exact) mass is 364 g/mol. The second-order valence-electron chi connectivity index (χ2n) is 4.62. The molecule has 0 atom stereocenters. The van der Waals surface area contributed by atoms with E-state index in [-0.39, 0.29) is 11.7 Å². The molecule has 0 unspecified atom stereocenters. The molecule has 0 bridgehead atoms. The van der Waals surface area contributed by atoms with Crippen LogP contribution in [-0.2, 0) is 4.79 Å². The van der Waals surface area contributed by atoms with Gasteiger partial charge in [0.25, 0.3) is 0 Å². The summed E-state index contributed by atoms with van der Waals surface area (Å²) in [7, 11) is 0. The molecule has 118 valence electrons. The number of hydrogen-bond donors (Lipinski definition) is 1. The number of thiophene rings is 1. The molecule has 3 rings (SSSR count). The molecule has 1 amide bonds. The number of amides is 1. The van der Waals surface area contributed by atoms with E-state index in [1.807, 2.05) is 22.9 Å². The third-order valence-corrected chi connectivity index (χ3v) is 5.60. The Morgan fingerprint density at radius 1 is 1.22 bits per heavy atom. The van der Waals surface area contributed by atoms with E-state index in [1.54, 1.807) is 23.5 Å². The molecule has 0 fully saturated rings. The van der Waals surface area contributed by atoms with Crippen molar-refractivity contribution in [3.8, 4) is 10.6 Å². The maximum absolute atomic E-state index is 12.8. The molecule has 0 aliphatic rings. The van der Waals surface area contributed by atoms with E-state index in [9.17, 15) is 9.18 Å². The van der Waals surface area contributed by atoms with Gasteiger partial charge in [-0.15, -0.1) is 34.4 Å². The smallest absolute Gasteiger partial charge is 0.226 e. The maximum Gasteiger partial charge on any atom is 0.226 e. The first-order chi connectivity index (χ1) is 11.2. The number of anilines is 1. The van der Waals surface area contributed by atoms with Gasteiger partial charge in [-0.25, -0.2) is 9.37 Å². The number of halogens is 1. The van der Waals surface area contributed by atoms with E-state index in [1.165, 1.54) is 35.2 Å². The van der Waals surface area contributed by atoms with Crippen LogP contribution in [0.2, 0.25) is 0 Å². The molecular weight excluding hydrogens is 351 g/mol. The highest BCUT2D eigenvalue weighted by atomic mass is 32.2. The highest BCUT2D eigenvalue weighted by Gasteiger charge is 2.08.